The zero-order valence-electron chi connectivity index (χ0n) is 13.0. The number of aromatic nitrogens is 1. The Morgan fingerprint density at radius 1 is 1.22 bits per heavy atom. The maximum atomic E-state index is 11.2. The van der Waals surface area contributed by atoms with Crippen molar-refractivity contribution in [2.75, 3.05) is 0 Å². The molecule has 0 aliphatic heterocycles. The van der Waals surface area contributed by atoms with Crippen molar-refractivity contribution in [1.29, 1.82) is 0 Å². The van der Waals surface area contributed by atoms with Crippen LogP contribution in [-0.4, -0.2) is 16.1 Å². The van der Waals surface area contributed by atoms with Crippen molar-refractivity contribution in [2.24, 2.45) is 0 Å². The summed E-state index contributed by atoms with van der Waals surface area (Å²) < 4.78 is 6.68. The summed E-state index contributed by atoms with van der Waals surface area (Å²) in [7, 11) is 0. The van der Waals surface area contributed by atoms with Crippen molar-refractivity contribution in [3.8, 4) is 0 Å². The lowest BCUT2D eigenvalue weighted by Crippen LogP contribution is -2.30. The molecule has 3 rings (SSSR count). The number of pyridine rings is 1. The number of furan rings is 1. The summed E-state index contributed by atoms with van der Waals surface area (Å²) in [5, 5.41) is 21.0. The summed E-state index contributed by atoms with van der Waals surface area (Å²) in [5.74, 6) is 0.504. The lowest BCUT2D eigenvalue weighted by Gasteiger charge is -2.20. The molecule has 118 valence electrons. The number of nitrogens with zero attached hydrogens (tertiary/aromatic N) is 1. The van der Waals surface area contributed by atoms with Gasteiger partial charge in [0.1, 0.15) is 22.7 Å². The van der Waals surface area contributed by atoms with E-state index in [0.29, 0.717) is 23.3 Å². The number of aliphatic hydroxyl groups is 1. The van der Waals surface area contributed by atoms with E-state index in [-0.39, 0.29) is 5.78 Å². The van der Waals surface area contributed by atoms with E-state index < -0.39 is 5.60 Å². The molecule has 0 bridgehead atoms. The first-order valence-corrected chi connectivity index (χ1v) is 7.32. The normalized spacial score (nSPS) is 13.9. The molecule has 2 N–H and O–H groups in total. The van der Waals surface area contributed by atoms with Crippen LogP contribution >= 0.6 is 0 Å². The first-order chi connectivity index (χ1) is 10.9. The van der Waals surface area contributed by atoms with Crippen molar-refractivity contribution >= 4 is 16.8 Å². The molecular formula is C18H18NO4+. The molecule has 5 nitrogen and oxygen atoms in total. The summed E-state index contributed by atoms with van der Waals surface area (Å²) in [4.78, 5) is 11.2. The van der Waals surface area contributed by atoms with Crippen LogP contribution in [0, 0.1) is 0 Å². The molecule has 0 radical (unpaired) electrons. The molecule has 0 saturated carbocycles. The van der Waals surface area contributed by atoms with Crippen molar-refractivity contribution in [3.63, 3.8) is 0 Å². The summed E-state index contributed by atoms with van der Waals surface area (Å²) in [6.45, 7) is 3.19. The molecule has 23 heavy (non-hydrogen) atoms. The van der Waals surface area contributed by atoms with Crippen LogP contribution in [0.1, 0.15) is 30.7 Å². The predicted molar refractivity (Wildman–Crippen MR) is 83.1 cm³/mol. The van der Waals surface area contributed by atoms with Crippen LogP contribution in [0.2, 0.25) is 0 Å². The van der Waals surface area contributed by atoms with Gasteiger partial charge in [-0.05, 0) is 37.6 Å². The third-order valence-electron chi connectivity index (χ3n) is 3.89. The van der Waals surface area contributed by atoms with Crippen molar-refractivity contribution in [1.82, 2.24) is 0 Å². The van der Waals surface area contributed by atoms with Gasteiger partial charge in [0.15, 0.2) is 0 Å². The second-order valence-electron chi connectivity index (χ2n) is 5.90. The van der Waals surface area contributed by atoms with Gasteiger partial charge in [-0.2, -0.15) is 0 Å². The zero-order valence-corrected chi connectivity index (χ0v) is 13.0. The fourth-order valence-electron chi connectivity index (χ4n) is 2.62. The Hall–Kier alpha value is -2.66. The Kier molecular flexibility index (Phi) is 3.66. The number of Topliss-reactive ketones (excluding diaryl/α,β-unsaturated/α-hetero) is 1. The van der Waals surface area contributed by atoms with Crippen LogP contribution in [0.4, 0.5) is 0 Å². The highest BCUT2D eigenvalue weighted by Crippen LogP contribution is 2.33. The zero-order chi connectivity index (χ0) is 16.6. The summed E-state index contributed by atoms with van der Waals surface area (Å²) in [6, 6.07) is 10.6. The van der Waals surface area contributed by atoms with E-state index in [1.54, 1.807) is 38.1 Å². The van der Waals surface area contributed by atoms with Gasteiger partial charge in [-0.1, -0.05) is 6.07 Å². The Labute approximate surface area is 133 Å². The van der Waals surface area contributed by atoms with E-state index in [0.717, 1.165) is 15.7 Å². The van der Waals surface area contributed by atoms with Gasteiger partial charge < -0.3 is 9.52 Å². The molecule has 0 saturated heterocycles. The molecule has 0 aliphatic carbocycles. The fraction of sp³-hybridized carbons (Fsp3) is 0.222. The van der Waals surface area contributed by atoms with E-state index in [4.69, 9.17) is 4.42 Å². The van der Waals surface area contributed by atoms with Gasteiger partial charge in [0, 0.05) is 34.2 Å². The number of carbonyl (C=O) groups is 1. The smallest absolute Gasteiger partial charge is 0.222 e. The molecule has 2 aromatic heterocycles. The van der Waals surface area contributed by atoms with Crippen LogP contribution in [0.15, 0.2) is 53.2 Å². The minimum absolute atomic E-state index is 0.0988. The van der Waals surface area contributed by atoms with Crippen LogP contribution in [-0.2, 0) is 16.8 Å². The minimum Gasteiger partial charge on any atom is -0.458 e. The lowest BCUT2D eigenvalue weighted by molar-refractivity contribution is -0.904. The first-order valence-electron chi connectivity index (χ1n) is 7.32. The molecule has 1 aromatic carbocycles. The molecule has 3 aromatic rings. The van der Waals surface area contributed by atoms with E-state index in [9.17, 15) is 15.1 Å². The topological polar surface area (TPSA) is 74.5 Å². The highest BCUT2D eigenvalue weighted by molar-refractivity contribution is 5.83. The van der Waals surface area contributed by atoms with Gasteiger partial charge in [-0.3, -0.25) is 10.0 Å². The minimum atomic E-state index is -1.33. The van der Waals surface area contributed by atoms with Gasteiger partial charge in [-0.15, -0.1) is 0 Å². The number of hydrogen-bond donors (Lipinski definition) is 2. The Bertz CT molecular complexity index is 862. The molecule has 1 unspecified atom stereocenters. The quantitative estimate of drug-likeness (QED) is 0.573. The molecule has 2 heterocycles. The molecule has 1 atom stereocenters. The molecule has 0 spiro atoms. The Morgan fingerprint density at radius 2 is 1.91 bits per heavy atom. The van der Waals surface area contributed by atoms with Gasteiger partial charge in [-0.25, -0.2) is 0 Å². The van der Waals surface area contributed by atoms with E-state index >= 15 is 0 Å². The van der Waals surface area contributed by atoms with Crippen molar-refractivity contribution < 1.29 is 24.3 Å². The summed E-state index contributed by atoms with van der Waals surface area (Å²) in [6.07, 6.45) is 3.26. The third-order valence-corrected chi connectivity index (χ3v) is 3.89. The Balaban J connectivity index is 2.01. The van der Waals surface area contributed by atoms with Gasteiger partial charge >= 0.3 is 0 Å². The number of carbonyl (C=O) groups excluding carboxylic acids is 1. The SMILES string of the molecule is CC(=O)Cc1ccc2oc(C(C)(O)c3cc[n+](O)cc3)cc2c1. The maximum Gasteiger partial charge on any atom is 0.222 e. The number of hydrogen-bond acceptors (Lipinski definition) is 4. The van der Waals surface area contributed by atoms with Crippen molar-refractivity contribution in [3.05, 3.63) is 65.7 Å². The van der Waals surface area contributed by atoms with Crippen LogP contribution in [0.3, 0.4) is 0 Å². The summed E-state index contributed by atoms with van der Waals surface area (Å²) in [5.41, 5.74) is 0.846. The van der Waals surface area contributed by atoms with Gasteiger partial charge in [0.2, 0.25) is 12.4 Å². The molecule has 0 fully saturated rings. The van der Waals surface area contributed by atoms with Gasteiger partial charge in [0.05, 0.1) is 0 Å². The van der Waals surface area contributed by atoms with Crippen LogP contribution < -0.4 is 4.73 Å². The Morgan fingerprint density at radius 3 is 2.57 bits per heavy atom. The monoisotopic (exact) mass is 312 g/mol. The summed E-state index contributed by atoms with van der Waals surface area (Å²) >= 11 is 0. The van der Waals surface area contributed by atoms with Crippen LogP contribution in [0.25, 0.3) is 11.0 Å². The largest absolute Gasteiger partial charge is 0.458 e. The number of ketones is 1. The average Bonchev–Trinajstić information content (AvgIpc) is 2.91. The third kappa shape index (κ3) is 2.96. The second kappa shape index (κ2) is 5.52. The second-order valence-corrected chi connectivity index (χ2v) is 5.90. The average molecular weight is 312 g/mol. The maximum absolute atomic E-state index is 11.2. The molecule has 0 amide bonds. The van der Waals surface area contributed by atoms with E-state index in [1.807, 2.05) is 12.1 Å². The molecule has 5 heteroatoms. The fourth-order valence-corrected chi connectivity index (χ4v) is 2.62. The van der Waals surface area contributed by atoms with E-state index in [1.165, 1.54) is 12.4 Å². The van der Waals surface area contributed by atoms with Crippen molar-refractivity contribution in [2.45, 2.75) is 25.9 Å². The van der Waals surface area contributed by atoms with E-state index in [2.05, 4.69) is 0 Å². The molecular weight excluding hydrogens is 294 g/mol. The number of benzene rings is 1. The highest BCUT2D eigenvalue weighted by Gasteiger charge is 2.30. The number of fused-ring (bicyclic) bond motifs is 1. The predicted octanol–water partition coefficient (Wildman–Crippen LogP) is 2.34. The highest BCUT2D eigenvalue weighted by atomic mass is 16.5. The lowest BCUT2D eigenvalue weighted by atomic mass is 9.94. The number of rotatable bonds is 4. The van der Waals surface area contributed by atoms with Crippen LogP contribution in [0.5, 0.6) is 0 Å². The van der Waals surface area contributed by atoms with Gasteiger partial charge in [0.25, 0.3) is 0 Å². The first kappa shape index (κ1) is 15.2. The standard InChI is InChI=1S/C18H18NO4/c1-12(20)9-13-3-4-16-14(10-13)11-17(23-16)18(2,21)15-5-7-19(22)8-6-15/h3-8,10-11,21-22H,9H2,1-2H3/q+1. The molecule has 0 aliphatic rings.